The highest BCUT2D eigenvalue weighted by atomic mass is 79.9. The molecule has 3 aliphatic heterocycles. The molecule has 0 amide bonds. The monoisotopic (exact) mass is 545 g/mol. The van der Waals surface area contributed by atoms with Gasteiger partial charge in [0.15, 0.2) is 0 Å². The topological polar surface area (TPSA) is 79.3 Å². The van der Waals surface area contributed by atoms with E-state index >= 15 is 0 Å². The highest BCUT2D eigenvalue weighted by molar-refractivity contribution is 7.12. The number of hydrogen-bond donors (Lipinski definition) is 2. The number of halogens is 1. The van der Waals surface area contributed by atoms with Crippen molar-refractivity contribution in [2.45, 2.75) is 68.6 Å². The Morgan fingerprint density at radius 2 is 1.69 bits per heavy atom. The van der Waals surface area contributed by atoms with Gasteiger partial charge in [-0.15, -0.1) is 22.7 Å². The van der Waals surface area contributed by atoms with E-state index in [0.29, 0.717) is 40.7 Å². The summed E-state index contributed by atoms with van der Waals surface area (Å²) in [4.78, 5) is 14.3. The van der Waals surface area contributed by atoms with Crippen LogP contribution in [0.25, 0.3) is 0 Å². The lowest BCUT2D eigenvalue weighted by Crippen LogP contribution is -3.00. The van der Waals surface area contributed by atoms with Gasteiger partial charge in [-0.3, -0.25) is 0 Å². The number of hydrogen-bond acceptors (Lipinski definition) is 7. The van der Waals surface area contributed by atoms with Crippen molar-refractivity contribution in [2.24, 2.45) is 0 Å². The zero-order valence-electron chi connectivity index (χ0n) is 18.6. The number of rotatable bonds is 6. The van der Waals surface area contributed by atoms with E-state index in [-0.39, 0.29) is 23.1 Å². The van der Waals surface area contributed by atoms with Crippen molar-refractivity contribution in [1.82, 2.24) is 0 Å². The summed E-state index contributed by atoms with van der Waals surface area (Å²) in [5.74, 6) is -0.561. The second-order valence-electron chi connectivity index (χ2n) is 9.07. The Labute approximate surface area is 208 Å². The molecule has 5 heterocycles. The minimum absolute atomic E-state index is 0. The van der Waals surface area contributed by atoms with Crippen LogP contribution in [-0.4, -0.2) is 71.8 Å². The molecular formula is C23H32BrNO5S2. The summed E-state index contributed by atoms with van der Waals surface area (Å²) < 4.78 is 12.6. The summed E-state index contributed by atoms with van der Waals surface area (Å²) in [6, 6.07) is 8.01. The summed E-state index contributed by atoms with van der Waals surface area (Å²) >= 11 is 2.74. The van der Waals surface area contributed by atoms with Gasteiger partial charge in [0, 0.05) is 19.4 Å². The molecule has 32 heavy (non-hydrogen) atoms. The molecule has 1 unspecified atom stereocenters. The fourth-order valence-electron chi connectivity index (χ4n) is 4.99. The van der Waals surface area contributed by atoms with Gasteiger partial charge in [-0.05, 0) is 29.3 Å². The Balaban J connectivity index is 0.000000438. The maximum atomic E-state index is 13.1. The third-order valence-corrected chi connectivity index (χ3v) is 8.83. The Bertz CT molecular complexity index is 817. The number of carbonyl (C=O) groups excluding carboxylic acids is 1. The number of morpholine rings is 1. The number of carbonyl (C=O) groups is 1. The van der Waals surface area contributed by atoms with Crippen molar-refractivity contribution in [3.8, 4) is 0 Å². The normalized spacial score (nSPS) is 29.2. The van der Waals surface area contributed by atoms with E-state index in [9.17, 15) is 9.90 Å². The molecule has 6 nitrogen and oxygen atoms in total. The quantitative estimate of drug-likeness (QED) is 0.306. The first-order valence-electron chi connectivity index (χ1n) is 10.9. The zero-order chi connectivity index (χ0) is 22.2. The highest BCUT2D eigenvalue weighted by Gasteiger charge is 2.71. The van der Waals surface area contributed by atoms with Crippen molar-refractivity contribution >= 4 is 28.6 Å². The molecule has 3 fully saturated rings. The van der Waals surface area contributed by atoms with Gasteiger partial charge in [-0.1, -0.05) is 25.5 Å². The van der Waals surface area contributed by atoms with Gasteiger partial charge in [0.25, 0.3) is 0 Å². The smallest absolute Gasteiger partial charge is 0.349 e. The number of unbranched alkanes of at least 4 members (excludes halogenated alkanes) is 1. The van der Waals surface area contributed by atoms with Crippen LogP contribution in [0, 0.1) is 0 Å². The van der Waals surface area contributed by atoms with E-state index in [0.717, 1.165) is 30.2 Å². The number of aliphatic hydroxyl groups is 2. The van der Waals surface area contributed by atoms with Crippen molar-refractivity contribution in [1.29, 1.82) is 0 Å². The van der Waals surface area contributed by atoms with Crippen molar-refractivity contribution in [2.75, 3.05) is 20.7 Å². The standard InChI is InChI=1S/C19H22NO4S2.C4H10O.BrH/c1-20(2)12-9-11(10-13(20)17-16(12)24-17)23-18(21)19(22,14-5-3-7-25-14)15-6-4-8-26-15;1-2-3-4-5;/h3-8,11-13,16-17,22H,9-10H2,1-2H3;5H,2-4H2,1H3;1H/q+1;;/p-1/t11?,12-,13-,16-,17+;;/m0../s1. The first kappa shape index (κ1) is 25.8. The van der Waals surface area contributed by atoms with Crippen LogP contribution in [0.1, 0.15) is 42.4 Å². The minimum Gasteiger partial charge on any atom is -1.00 e. The maximum Gasteiger partial charge on any atom is 0.349 e. The molecule has 0 spiro atoms. The Morgan fingerprint density at radius 1 is 1.16 bits per heavy atom. The van der Waals surface area contributed by atoms with Crippen LogP contribution in [0.3, 0.4) is 0 Å². The lowest BCUT2D eigenvalue weighted by atomic mass is 9.95. The second kappa shape index (κ2) is 10.2. The Morgan fingerprint density at radius 3 is 2.06 bits per heavy atom. The second-order valence-corrected chi connectivity index (χ2v) is 11.0. The summed E-state index contributed by atoms with van der Waals surface area (Å²) in [5.41, 5.74) is -1.72. The molecule has 178 valence electrons. The molecule has 0 radical (unpaired) electrons. The minimum atomic E-state index is -1.72. The largest absolute Gasteiger partial charge is 1.00 e. The third kappa shape index (κ3) is 4.58. The van der Waals surface area contributed by atoms with Crippen molar-refractivity contribution < 1.29 is 45.9 Å². The molecule has 3 aliphatic rings. The number of nitrogens with zero attached hydrogens (tertiary/aromatic N) is 1. The van der Waals surface area contributed by atoms with Gasteiger partial charge in [0.05, 0.1) is 23.8 Å². The highest BCUT2D eigenvalue weighted by Crippen LogP contribution is 2.52. The zero-order valence-corrected chi connectivity index (χ0v) is 21.9. The lowest BCUT2D eigenvalue weighted by Gasteiger charge is -2.45. The number of thiophene rings is 2. The average molecular weight is 547 g/mol. The van der Waals surface area contributed by atoms with Crippen LogP contribution < -0.4 is 17.0 Å². The van der Waals surface area contributed by atoms with Gasteiger partial charge < -0.3 is 41.2 Å². The number of aliphatic hydroxyl groups excluding tert-OH is 1. The molecule has 9 heteroatoms. The number of ether oxygens (including phenoxy) is 2. The van der Waals surface area contributed by atoms with Crippen LogP contribution in [-0.2, 0) is 19.9 Å². The fraction of sp³-hybridized carbons (Fsp3) is 0.609. The molecule has 2 aromatic rings. The number of fused-ring (bicyclic) bond motifs is 5. The van der Waals surface area contributed by atoms with E-state index in [2.05, 4.69) is 21.0 Å². The molecule has 0 saturated carbocycles. The Kier molecular flexibility index (Phi) is 8.24. The van der Waals surface area contributed by atoms with Gasteiger partial charge in [-0.25, -0.2) is 4.79 Å². The molecule has 2 bridgehead atoms. The van der Waals surface area contributed by atoms with E-state index < -0.39 is 11.6 Å². The number of esters is 1. The molecule has 0 aromatic carbocycles. The van der Waals surface area contributed by atoms with Crippen molar-refractivity contribution in [3.63, 3.8) is 0 Å². The third-order valence-electron chi connectivity index (χ3n) is 6.87. The molecule has 2 N–H and O–H groups in total. The van der Waals surface area contributed by atoms with Crippen LogP contribution in [0.15, 0.2) is 35.0 Å². The summed E-state index contributed by atoms with van der Waals surface area (Å²) in [7, 11) is 4.49. The van der Waals surface area contributed by atoms with Crippen molar-refractivity contribution in [3.05, 3.63) is 44.8 Å². The van der Waals surface area contributed by atoms with Crippen LogP contribution in [0.4, 0.5) is 0 Å². The van der Waals surface area contributed by atoms with Crippen LogP contribution in [0.2, 0.25) is 0 Å². The molecule has 2 aromatic heterocycles. The fourth-order valence-corrected chi connectivity index (χ4v) is 6.70. The van der Waals surface area contributed by atoms with Gasteiger partial charge in [-0.2, -0.15) is 0 Å². The first-order valence-corrected chi connectivity index (χ1v) is 12.7. The number of epoxide rings is 1. The lowest BCUT2D eigenvalue weighted by molar-refractivity contribution is -0.938. The number of likely N-dealkylation sites (N-methyl/N-ethyl adjacent to an activating group) is 1. The van der Waals surface area contributed by atoms with Gasteiger partial charge in [0.1, 0.15) is 30.4 Å². The molecular weight excluding hydrogens is 514 g/mol. The predicted molar refractivity (Wildman–Crippen MR) is 121 cm³/mol. The summed E-state index contributed by atoms with van der Waals surface area (Å²) in [5, 5.41) is 23.2. The molecule has 5 rings (SSSR count). The van der Waals surface area contributed by atoms with Crippen LogP contribution >= 0.6 is 22.7 Å². The average Bonchev–Trinajstić information content (AvgIpc) is 3.10. The Hall–Kier alpha value is -0.810. The first-order chi connectivity index (χ1) is 14.8. The van der Waals surface area contributed by atoms with E-state index in [4.69, 9.17) is 14.6 Å². The van der Waals surface area contributed by atoms with E-state index in [1.165, 1.54) is 22.7 Å². The molecule has 3 saturated heterocycles. The number of piperidine rings is 1. The SMILES string of the molecule is CCCCO.C[N+]1(C)[C@H]2CC(OC(=O)C(O)(c3cccs3)c3cccs3)C[C@H]1[C@H]1O[C@H]12.[Br-]. The van der Waals surface area contributed by atoms with Gasteiger partial charge >= 0.3 is 5.97 Å². The molecule has 0 aliphatic carbocycles. The summed E-state index contributed by atoms with van der Waals surface area (Å²) in [6.45, 7) is 2.40. The van der Waals surface area contributed by atoms with Gasteiger partial charge in [0.2, 0.25) is 5.60 Å². The summed E-state index contributed by atoms with van der Waals surface area (Å²) in [6.07, 6.45) is 4.09. The molecule has 5 atom stereocenters. The number of quaternary nitrogens is 1. The predicted octanol–water partition coefficient (Wildman–Crippen LogP) is 0.129. The van der Waals surface area contributed by atoms with E-state index in [1.807, 2.05) is 22.9 Å². The van der Waals surface area contributed by atoms with Crippen LogP contribution in [0.5, 0.6) is 0 Å². The maximum absolute atomic E-state index is 13.1. The van der Waals surface area contributed by atoms with E-state index in [1.54, 1.807) is 12.1 Å².